The van der Waals surface area contributed by atoms with Gasteiger partial charge < -0.3 is 4.74 Å². The number of rotatable bonds is 5. The number of benzene rings is 1. The van der Waals surface area contributed by atoms with Crippen LogP contribution >= 0.6 is 0 Å². The minimum Gasteiger partial charge on any atom is -0.426 e. The van der Waals surface area contributed by atoms with Crippen molar-refractivity contribution in [1.29, 1.82) is 0 Å². The third-order valence-corrected chi connectivity index (χ3v) is 3.20. The molecule has 145 valence electrons. The van der Waals surface area contributed by atoms with Gasteiger partial charge in [-0.15, -0.1) is 0 Å². The molecule has 1 heterocycles. The zero-order chi connectivity index (χ0) is 20.3. The van der Waals surface area contributed by atoms with Crippen molar-refractivity contribution in [2.45, 2.75) is 24.9 Å². The van der Waals surface area contributed by atoms with Crippen molar-refractivity contribution in [3.8, 4) is 5.75 Å². The van der Waals surface area contributed by atoms with Gasteiger partial charge in [-0.05, 0) is 35.7 Å². The van der Waals surface area contributed by atoms with Crippen LogP contribution < -0.4 is 4.74 Å². The Labute approximate surface area is 148 Å². The van der Waals surface area contributed by atoms with Gasteiger partial charge >= 0.3 is 18.5 Å². The zero-order valence-electron chi connectivity index (χ0n) is 13.2. The van der Waals surface area contributed by atoms with E-state index in [-0.39, 0.29) is 12.0 Å². The van der Waals surface area contributed by atoms with Gasteiger partial charge in [0.15, 0.2) is 0 Å². The highest BCUT2D eigenvalue weighted by Crippen LogP contribution is 2.37. The molecule has 0 aliphatic carbocycles. The van der Waals surface area contributed by atoms with Crippen LogP contribution in [0.25, 0.3) is 6.08 Å². The van der Waals surface area contributed by atoms with Crippen LogP contribution in [0.2, 0.25) is 0 Å². The molecule has 0 saturated heterocycles. The molecule has 1 aromatic heterocycles. The zero-order valence-corrected chi connectivity index (χ0v) is 13.2. The van der Waals surface area contributed by atoms with Crippen molar-refractivity contribution in [2.75, 3.05) is 0 Å². The van der Waals surface area contributed by atoms with Crippen LogP contribution in [-0.4, -0.2) is 17.3 Å². The van der Waals surface area contributed by atoms with Crippen LogP contribution in [0.3, 0.4) is 0 Å². The van der Waals surface area contributed by atoms with E-state index in [1.807, 2.05) is 0 Å². The summed E-state index contributed by atoms with van der Waals surface area (Å²) in [5, 5.41) is 0. The second-order valence-corrected chi connectivity index (χ2v) is 5.23. The predicted octanol–water partition coefficient (Wildman–Crippen LogP) is 5.69. The molecule has 0 bridgehead atoms. The van der Waals surface area contributed by atoms with Crippen molar-refractivity contribution < 1.29 is 39.9 Å². The van der Waals surface area contributed by atoms with Crippen LogP contribution in [0.15, 0.2) is 42.6 Å². The highest BCUT2D eigenvalue weighted by molar-refractivity contribution is 5.51. The Bertz CT molecular complexity index is 794. The maximum Gasteiger partial charge on any atom is 0.499 e. The van der Waals surface area contributed by atoms with E-state index >= 15 is 0 Å². The molecule has 0 aliphatic heterocycles. The maximum absolute atomic E-state index is 12.8. The highest BCUT2D eigenvalue weighted by Gasteiger charge is 2.61. The molecule has 1 radical (unpaired) electrons. The summed E-state index contributed by atoms with van der Waals surface area (Å²) in [4.78, 5) is 3.25. The van der Waals surface area contributed by atoms with Crippen LogP contribution in [-0.2, 0) is 12.6 Å². The number of halogens is 8. The molecule has 2 rings (SSSR count). The quantitative estimate of drug-likeness (QED) is 0.606. The molecule has 0 amide bonds. The number of hydrogen-bond donors (Lipinski definition) is 0. The molecule has 0 aliphatic rings. The van der Waals surface area contributed by atoms with Crippen LogP contribution in [0.1, 0.15) is 16.8 Å². The lowest BCUT2D eigenvalue weighted by molar-refractivity contribution is -0.360. The lowest BCUT2D eigenvalue weighted by atomic mass is 10.1. The third-order valence-electron chi connectivity index (χ3n) is 3.20. The first-order valence-electron chi connectivity index (χ1n) is 7.22. The second kappa shape index (κ2) is 7.53. The predicted molar refractivity (Wildman–Crippen MR) is 78.9 cm³/mol. The first kappa shape index (κ1) is 20.7. The van der Waals surface area contributed by atoms with Crippen LogP contribution in [0.4, 0.5) is 35.1 Å². The largest absolute Gasteiger partial charge is 0.499 e. The van der Waals surface area contributed by atoms with Crippen molar-refractivity contribution in [2.24, 2.45) is 0 Å². The first-order valence-corrected chi connectivity index (χ1v) is 7.22. The van der Waals surface area contributed by atoms with E-state index < -0.39 is 29.9 Å². The molecule has 2 nitrogen and oxygen atoms in total. The fourth-order valence-corrected chi connectivity index (χ4v) is 1.98. The summed E-state index contributed by atoms with van der Waals surface area (Å²) in [7, 11) is 0. The molecule has 0 saturated carbocycles. The Kier molecular flexibility index (Phi) is 5.76. The monoisotopic (exact) mass is 396 g/mol. The number of alkyl halides is 8. The van der Waals surface area contributed by atoms with Gasteiger partial charge in [-0.1, -0.05) is 24.3 Å². The van der Waals surface area contributed by atoms with Crippen molar-refractivity contribution >= 4 is 6.08 Å². The summed E-state index contributed by atoms with van der Waals surface area (Å²) in [6, 6.07) is 7.71. The number of pyridine rings is 1. The van der Waals surface area contributed by atoms with Gasteiger partial charge in [0.05, 0.1) is 0 Å². The van der Waals surface area contributed by atoms with Gasteiger partial charge in [0.25, 0.3) is 0 Å². The van der Waals surface area contributed by atoms with Gasteiger partial charge in [0, 0.05) is 12.3 Å². The molecule has 0 atom stereocenters. The Morgan fingerprint density at radius 2 is 1.59 bits per heavy atom. The minimum absolute atomic E-state index is 0.119. The summed E-state index contributed by atoms with van der Waals surface area (Å²) in [6.07, 6.45) is -12.3. The number of aromatic nitrogens is 1. The molecular formula is C17H10F8NO. The molecule has 0 fully saturated rings. The fraction of sp³-hybridized carbons (Fsp3) is 0.235. The number of hydrogen-bond acceptors (Lipinski definition) is 2. The normalized spacial score (nSPS) is 13.2. The van der Waals surface area contributed by atoms with E-state index in [4.69, 9.17) is 0 Å². The molecular weight excluding hydrogens is 386 g/mol. The van der Waals surface area contributed by atoms with E-state index in [0.717, 1.165) is 24.4 Å². The Morgan fingerprint density at radius 3 is 2.15 bits per heavy atom. The van der Waals surface area contributed by atoms with Gasteiger partial charge in [-0.25, -0.2) is 0 Å². The fourth-order valence-electron chi connectivity index (χ4n) is 1.98. The molecule has 10 heteroatoms. The second-order valence-electron chi connectivity index (χ2n) is 5.23. The van der Waals surface area contributed by atoms with E-state index in [9.17, 15) is 35.1 Å². The Morgan fingerprint density at radius 1 is 0.963 bits per heavy atom. The van der Waals surface area contributed by atoms with Crippen molar-refractivity contribution in [3.63, 3.8) is 0 Å². The third kappa shape index (κ3) is 5.41. The van der Waals surface area contributed by atoms with E-state index in [0.29, 0.717) is 5.56 Å². The standard InChI is InChI=1S/C17H10F8NO/c18-15(19,20)14-12(5-2-10-26-14)4-1-3-11-6-8-13(9-7-11)27-17(24,25)16(21,22)23/h1,3,5-10H,4H2. The average Bonchev–Trinajstić information content (AvgIpc) is 2.55. The molecule has 27 heavy (non-hydrogen) atoms. The Hall–Kier alpha value is -2.65. The van der Waals surface area contributed by atoms with Gasteiger partial charge in [-0.2, -0.15) is 35.1 Å². The average molecular weight is 396 g/mol. The lowest BCUT2D eigenvalue weighted by Crippen LogP contribution is -2.41. The minimum atomic E-state index is -5.86. The topological polar surface area (TPSA) is 22.1 Å². The van der Waals surface area contributed by atoms with Crippen LogP contribution in [0.5, 0.6) is 5.75 Å². The van der Waals surface area contributed by atoms with Gasteiger partial charge in [0.2, 0.25) is 0 Å². The van der Waals surface area contributed by atoms with E-state index in [1.54, 1.807) is 0 Å². The van der Waals surface area contributed by atoms with Crippen molar-refractivity contribution in [1.82, 2.24) is 4.98 Å². The molecule has 1 aromatic carbocycles. The summed E-state index contributed by atoms with van der Waals surface area (Å²) in [5.41, 5.74) is -0.811. The van der Waals surface area contributed by atoms with Crippen molar-refractivity contribution in [3.05, 3.63) is 65.5 Å². The first-order chi connectivity index (χ1) is 12.4. The maximum atomic E-state index is 12.8. The SMILES string of the molecule is FC(F)(F)c1nc[c]cc1CC=Cc1ccc(OC(F)(F)C(F)(F)F)cc1. The van der Waals surface area contributed by atoms with E-state index in [1.165, 1.54) is 24.3 Å². The molecule has 0 N–H and O–H groups in total. The molecule has 2 aromatic rings. The highest BCUT2D eigenvalue weighted by atomic mass is 19.4. The molecule has 0 spiro atoms. The summed E-state index contributed by atoms with van der Waals surface area (Å²) < 4.78 is 104. The van der Waals surface area contributed by atoms with Gasteiger partial charge in [0.1, 0.15) is 11.4 Å². The smallest absolute Gasteiger partial charge is 0.426 e. The van der Waals surface area contributed by atoms with Gasteiger partial charge in [-0.3, -0.25) is 4.98 Å². The lowest BCUT2D eigenvalue weighted by Gasteiger charge is -2.20. The Balaban J connectivity index is 2.06. The summed E-state index contributed by atoms with van der Waals surface area (Å²) in [6.45, 7) is 0. The molecule has 0 unspecified atom stereocenters. The summed E-state index contributed by atoms with van der Waals surface area (Å²) >= 11 is 0. The number of ether oxygens (including phenoxy) is 1. The van der Waals surface area contributed by atoms with Crippen LogP contribution in [0, 0.1) is 6.07 Å². The summed E-state index contributed by atoms with van der Waals surface area (Å²) in [5.74, 6) is -0.712. The number of allylic oxidation sites excluding steroid dienone is 1. The van der Waals surface area contributed by atoms with E-state index in [2.05, 4.69) is 15.8 Å². The number of nitrogens with zero attached hydrogens (tertiary/aromatic N) is 1.